The van der Waals surface area contributed by atoms with Crippen LogP contribution in [0.15, 0.2) is 68.7 Å². The summed E-state index contributed by atoms with van der Waals surface area (Å²) >= 11 is 7.30. The summed E-state index contributed by atoms with van der Waals surface area (Å²) in [5.74, 6) is 1.02. The molecular weight excluding hydrogens is 398 g/mol. The molecular formula is C20H16ClN3O3S. The number of aromatic nitrogens is 2. The Labute approximate surface area is 170 Å². The van der Waals surface area contributed by atoms with Crippen molar-refractivity contribution >= 4 is 40.2 Å². The van der Waals surface area contributed by atoms with Gasteiger partial charge in [0.05, 0.1) is 22.4 Å². The quantitative estimate of drug-likeness (QED) is 0.442. The third-order valence-electron chi connectivity index (χ3n) is 4.09. The number of furan rings is 1. The maximum atomic E-state index is 12.3. The zero-order valence-corrected chi connectivity index (χ0v) is 16.5. The fourth-order valence-electron chi connectivity index (χ4n) is 2.71. The molecule has 0 fully saturated rings. The Balaban J connectivity index is 1.35. The third-order valence-corrected chi connectivity index (χ3v) is 5.23. The number of nitrogens with one attached hydrogen (secondary N) is 1. The molecule has 1 amide bonds. The van der Waals surface area contributed by atoms with E-state index in [0.29, 0.717) is 27.5 Å². The Morgan fingerprint density at radius 1 is 1.14 bits per heavy atom. The van der Waals surface area contributed by atoms with Crippen LogP contribution >= 0.6 is 23.4 Å². The first-order valence-electron chi connectivity index (χ1n) is 8.59. The highest BCUT2D eigenvalue weighted by molar-refractivity contribution is 7.99. The standard InChI is InChI=1S/C20H16ClN3O3S/c1-12(17-10-13-6-2-5-9-16(13)26-17)22-18(25)11-28-20-24-23-19(27-20)14-7-3-4-8-15(14)21/h2-10,12H,11H2,1H3,(H,22,25)/t12-/m1/s1. The maximum absolute atomic E-state index is 12.3. The van der Waals surface area contributed by atoms with Gasteiger partial charge in [-0.1, -0.05) is 53.7 Å². The molecule has 0 unspecified atom stereocenters. The van der Waals surface area contributed by atoms with E-state index >= 15 is 0 Å². The van der Waals surface area contributed by atoms with E-state index in [-0.39, 0.29) is 17.7 Å². The molecule has 142 valence electrons. The van der Waals surface area contributed by atoms with Gasteiger partial charge < -0.3 is 14.2 Å². The fraction of sp³-hybridized carbons (Fsp3) is 0.150. The molecule has 0 spiro atoms. The second-order valence-electron chi connectivity index (χ2n) is 6.12. The van der Waals surface area contributed by atoms with Crippen LogP contribution in [-0.4, -0.2) is 21.9 Å². The number of para-hydroxylation sites is 1. The normalized spacial score (nSPS) is 12.2. The summed E-state index contributed by atoms with van der Waals surface area (Å²) in [6.45, 7) is 1.88. The number of amides is 1. The molecule has 0 bridgehead atoms. The lowest BCUT2D eigenvalue weighted by Crippen LogP contribution is -2.27. The number of benzene rings is 2. The highest BCUT2D eigenvalue weighted by Crippen LogP contribution is 2.29. The van der Waals surface area contributed by atoms with Crippen LogP contribution in [0.25, 0.3) is 22.4 Å². The second-order valence-corrected chi connectivity index (χ2v) is 7.45. The monoisotopic (exact) mass is 413 g/mol. The van der Waals surface area contributed by atoms with Crippen molar-refractivity contribution in [3.63, 3.8) is 0 Å². The van der Waals surface area contributed by atoms with Crippen LogP contribution in [0.1, 0.15) is 18.7 Å². The van der Waals surface area contributed by atoms with Gasteiger partial charge in [0, 0.05) is 5.39 Å². The molecule has 0 aliphatic rings. The van der Waals surface area contributed by atoms with E-state index in [1.165, 1.54) is 11.8 Å². The predicted molar refractivity (Wildman–Crippen MR) is 108 cm³/mol. The minimum atomic E-state index is -0.248. The Morgan fingerprint density at radius 3 is 2.75 bits per heavy atom. The lowest BCUT2D eigenvalue weighted by Gasteiger charge is -2.10. The van der Waals surface area contributed by atoms with Crippen molar-refractivity contribution in [3.05, 3.63) is 65.4 Å². The largest absolute Gasteiger partial charge is 0.459 e. The van der Waals surface area contributed by atoms with Gasteiger partial charge in [-0.3, -0.25) is 4.79 Å². The van der Waals surface area contributed by atoms with Gasteiger partial charge in [-0.2, -0.15) is 0 Å². The van der Waals surface area contributed by atoms with Gasteiger partial charge in [-0.15, -0.1) is 10.2 Å². The van der Waals surface area contributed by atoms with Crippen LogP contribution in [0, 0.1) is 0 Å². The van der Waals surface area contributed by atoms with Crippen LogP contribution in [0.5, 0.6) is 0 Å². The average Bonchev–Trinajstić information content (AvgIpc) is 3.34. The number of hydrogen-bond acceptors (Lipinski definition) is 6. The second kappa shape index (κ2) is 8.08. The van der Waals surface area contributed by atoms with Crippen molar-refractivity contribution in [1.82, 2.24) is 15.5 Å². The molecule has 0 saturated heterocycles. The van der Waals surface area contributed by atoms with Gasteiger partial charge in [0.2, 0.25) is 11.8 Å². The third kappa shape index (κ3) is 4.05. The lowest BCUT2D eigenvalue weighted by molar-refractivity contribution is -0.119. The zero-order valence-electron chi connectivity index (χ0n) is 14.9. The molecule has 2 aromatic heterocycles. The first-order valence-corrected chi connectivity index (χ1v) is 9.95. The number of fused-ring (bicyclic) bond motifs is 1. The fourth-order valence-corrected chi connectivity index (χ4v) is 3.50. The zero-order chi connectivity index (χ0) is 19.5. The van der Waals surface area contributed by atoms with Crippen molar-refractivity contribution in [3.8, 4) is 11.5 Å². The molecule has 8 heteroatoms. The van der Waals surface area contributed by atoms with E-state index in [1.807, 2.05) is 49.4 Å². The lowest BCUT2D eigenvalue weighted by atomic mass is 10.2. The summed E-state index contributed by atoms with van der Waals surface area (Å²) in [5, 5.41) is 12.7. The summed E-state index contributed by atoms with van der Waals surface area (Å²) in [6.07, 6.45) is 0. The minimum absolute atomic E-state index is 0.148. The number of nitrogens with zero attached hydrogens (tertiary/aromatic N) is 2. The van der Waals surface area contributed by atoms with Crippen LogP contribution < -0.4 is 5.32 Å². The van der Waals surface area contributed by atoms with Crippen molar-refractivity contribution < 1.29 is 13.6 Å². The summed E-state index contributed by atoms with van der Waals surface area (Å²) in [5.41, 5.74) is 1.46. The first-order chi connectivity index (χ1) is 13.6. The van der Waals surface area contributed by atoms with Crippen molar-refractivity contribution in [2.75, 3.05) is 5.75 Å². The van der Waals surface area contributed by atoms with Crippen LogP contribution in [0.2, 0.25) is 5.02 Å². The molecule has 0 radical (unpaired) electrons. The van der Waals surface area contributed by atoms with E-state index in [4.69, 9.17) is 20.4 Å². The van der Waals surface area contributed by atoms with Crippen LogP contribution in [-0.2, 0) is 4.79 Å². The van der Waals surface area contributed by atoms with Gasteiger partial charge in [0.25, 0.3) is 5.22 Å². The van der Waals surface area contributed by atoms with Crippen LogP contribution in [0.4, 0.5) is 0 Å². The molecule has 28 heavy (non-hydrogen) atoms. The van der Waals surface area contributed by atoms with Gasteiger partial charge in [0.1, 0.15) is 11.3 Å². The van der Waals surface area contributed by atoms with Gasteiger partial charge >= 0.3 is 0 Å². The molecule has 0 aliphatic carbocycles. The molecule has 4 aromatic rings. The molecule has 2 heterocycles. The maximum Gasteiger partial charge on any atom is 0.277 e. The van der Waals surface area contributed by atoms with Crippen LogP contribution in [0.3, 0.4) is 0 Å². The Bertz CT molecular complexity index is 1090. The summed E-state index contributed by atoms with van der Waals surface area (Å²) in [7, 11) is 0. The molecule has 1 atom stereocenters. The number of halogens is 1. The van der Waals surface area contributed by atoms with E-state index < -0.39 is 0 Å². The Hall–Kier alpha value is -2.77. The number of thioether (sulfide) groups is 1. The molecule has 0 aliphatic heterocycles. The van der Waals surface area contributed by atoms with Gasteiger partial charge in [-0.25, -0.2) is 0 Å². The Kier molecular flexibility index (Phi) is 5.36. The van der Waals surface area contributed by atoms with E-state index in [1.54, 1.807) is 12.1 Å². The van der Waals surface area contributed by atoms with Crippen molar-refractivity contribution in [1.29, 1.82) is 0 Å². The number of hydrogen-bond donors (Lipinski definition) is 1. The highest BCUT2D eigenvalue weighted by Gasteiger charge is 2.16. The molecule has 4 rings (SSSR count). The smallest absolute Gasteiger partial charge is 0.277 e. The molecule has 2 aromatic carbocycles. The first kappa shape index (κ1) is 18.6. The number of carbonyl (C=O) groups excluding carboxylic acids is 1. The van der Waals surface area contributed by atoms with E-state index in [2.05, 4.69) is 15.5 Å². The number of rotatable bonds is 6. The van der Waals surface area contributed by atoms with Crippen molar-refractivity contribution in [2.45, 2.75) is 18.2 Å². The van der Waals surface area contributed by atoms with Gasteiger partial charge in [0.15, 0.2) is 0 Å². The topological polar surface area (TPSA) is 81.2 Å². The molecule has 1 N–H and O–H groups in total. The van der Waals surface area contributed by atoms with E-state index in [9.17, 15) is 4.79 Å². The predicted octanol–water partition coefficient (Wildman–Crippen LogP) is 5.11. The molecule has 6 nitrogen and oxygen atoms in total. The summed E-state index contributed by atoms with van der Waals surface area (Å²) in [4.78, 5) is 12.3. The van der Waals surface area contributed by atoms with Crippen molar-refractivity contribution in [2.24, 2.45) is 0 Å². The average molecular weight is 414 g/mol. The minimum Gasteiger partial charge on any atom is -0.459 e. The number of carbonyl (C=O) groups is 1. The van der Waals surface area contributed by atoms with Gasteiger partial charge in [-0.05, 0) is 31.2 Å². The van der Waals surface area contributed by atoms with E-state index in [0.717, 1.165) is 11.0 Å². The molecule has 0 saturated carbocycles. The summed E-state index contributed by atoms with van der Waals surface area (Å²) < 4.78 is 11.4. The SMILES string of the molecule is C[C@@H](NC(=O)CSc1nnc(-c2ccccc2Cl)o1)c1cc2ccccc2o1. The highest BCUT2D eigenvalue weighted by atomic mass is 35.5. The summed E-state index contributed by atoms with van der Waals surface area (Å²) in [6, 6.07) is 16.6. The Morgan fingerprint density at radius 2 is 1.93 bits per heavy atom.